The van der Waals surface area contributed by atoms with Crippen LogP contribution >= 0.6 is 19.5 Å². The molecule has 1 saturated heterocycles. The highest BCUT2D eigenvalue weighted by Gasteiger charge is 2.50. The summed E-state index contributed by atoms with van der Waals surface area (Å²) in [5, 5.41) is 12.7. The fourth-order valence-corrected chi connectivity index (χ4v) is 7.01. The van der Waals surface area contributed by atoms with Crippen molar-refractivity contribution in [1.82, 2.24) is 14.6 Å². The number of thioether (sulfide) groups is 1. The van der Waals surface area contributed by atoms with Gasteiger partial charge in [0.15, 0.2) is 11.6 Å². The number of para-hydroxylation sites is 1. The van der Waals surface area contributed by atoms with E-state index in [2.05, 4.69) is 16.0 Å². The standard InChI is InChI=1S/C26H34FN4O7PS/c1-5-18(6-2)15-36-24(33)17(4)30-39(35,38-19-11-9-8-10-12-19)37-16-26(7-3)21(32)13-22(40-26)31-14-20(27)23(28)29-25(31)34/h3,8-12,14,17-18,21-22,32H,5-6,13,15-16H2,1-2,4H3,(H,30,35)(H2,28,29,34)/t17-,21-,22+,26+,39-/m0/s1. The number of nitrogens with two attached hydrogens (primary N) is 1. The van der Waals surface area contributed by atoms with E-state index in [1.54, 1.807) is 30.3 Å². The minimum Gasteiger partial charge on any atom is -0.464 e. The molecule has 0 saturated carbocycles. The molecule has 1 aromatic heterocycles. The van der Waals surface area contributed by atoms with Crippen LogP contribution in [0.5, 0.6) is 5.75 Å². The van der Waals surface area contributed by atoms with Crippen LogP contribution in [0.1, 0.15) is 45.4 Å². The van der Waals surface area contributed by atoms with E-state index >= 15 is 0 Å². The predicted octanol–water partition coefficient (Wildman–Crippen LogP) is 3.49. The van der Waals surface area contributed by atoms with Crippen LogP contribution in [0.25, 0.3) is 0 Å². The number of carbonyl (C=O) groups is 1. The summed E-state index contributed by atoms with van der Waals surface area (Å²) in [6.07, 6.45) is 7.05. The van der Waals surface area contributed by atoms with E-state index in [1.165, 1.54) is 6.92 Å². The Labute approximate surface area is 236 Å². The Balaban J connectivity index is 1.80. The molecule has 11 nitrogen and oxygen atoms in total. The maximum Gasteiger partial charge on any atom is 0.459 e. The molecule has 218 valence electrons. The highest BCUT2D eigenvalue weighted by atomic mass is 32.2. The van der Waals surface area contributed by atoms with Crippen LogP contribution in [0.3, 0.4) is 0 Å². The molecule has 1 aromatic carbocycles. The Hall–Kier alpha value is -2.88. The summed E-state index contributed by atoms with van der Waals surface area (Å²) >= 11 is 0.945. The van der Waals surface area contributed by atoms with Crippen LogP contribution in [-0.4, -0.2) is 50.7 Å². The van der Waals surface area contributed by atoms with E-state index in [-0.39, 0.29) is 24.7 Å². The molecule has 1 fully saturated rings. The average Bonchev–Trinajstić information content (AvgIpc) is 3.26. The molecule has 14 heteroatoms. The van der Waals surface area contributed by atoms with Crippen LogP contribution in [0.15, 0.2) is 41.3 Å². The van der Waals surface area contributed by atoms with Gasteiger partial charge in [-0.1, -0.05) is 50.8 Å². The van der Waals surface area contributed by atoms with Crippen molar-refractivity contribution in [3.8, 4) is 18.1 Å². The van der Waals surface area contributed by atoms with Crippen molar-refractivity contribution < 1.29 is 32.6 Å². The van der Waals surface area contributed by atoms with Gasteiger partial charge in [-0.25, -0.2) is 13.8 Å². The molecular weight excluding hydrogens is 562 g/mol. The van der Waals surface area contributed by atoms with Crippen molar-refractivity contribution in [2.75, 3.05) is 18.9 Å². The van der Waals surface area contributed by atoms with Crippen molar-refractivity contribution in [3.05, 3.63) is 52.8 Å². The first-order valence-electron chi connectivity index (χ1n) is 12.8. The summed E-state index contributed by atoms with van der Waals surface area (Å²) < 4.78 is 44.2. The lowest BCUT2D eigenvalue weighted by molar-refractivity contribution is -0.146. The summed E-state index contributed by atoms with van der Waals surface area (Å²) in [7, 11) is -4.29. The molecular formula is C26H34FN4O7PS. The molecule has 40 heavy (non-hydrogen) atoms. The van der Waals surface area contributed by atoms with Crippen LogP contribution in [0, 0.1) is 24.1 Å². The van der Waals surface area contributed by atoms with E-state index < -0.39 is 59.9 Å². The minimum absolute atomic E-state index is 0.0564. The molecule has 1 aliphatic rings. The maximum absolute atomic E-state index is 14.0. The van der Waals surface area contributed by atoms with Crippen molar-refractivity contribution in [1.29, 1.82) is 0 Å². The molecule has 4 N–H and O–H groups in total. The van der Waals surface area contributed by atoms with Crippen LogP contribution in [0.4, 0.5) is 10.2 Å². The summed E-state index contributed by atoms with van der Waals surface area (Å²) in [6.45, 7) is 5.17. The van der Waals surface area contributed by atoms with Crippen molar-refractivity contribution in [3.63, 3.8) is 0 Å². The largest absolute Gasteiger partial charge is 0.464 e. The lowest BCUT2D eigenvalue weighted by Crippen LogP contribution is -2.40. The number of carbonyl (C=O) groups excluding carboxylic acids is 1. The van der Waals surface area contributed by atoms with Crippen molar-refractivity contribution >= 4 is 31.3 Å². The molecule has 0 radical (unpaired) electrons. The van der Waals surface area contributed by atoms with Gasteiger partial charge in [0.05, 0.1) is 24.7 Å². The highest BCUT2D eigenvalue weighted by Crippen LogP contribution is 2.52. The first-order chi connectivity index (χ1) is 19.0. The second kappa shape index (κ2) is 13.7. The van der Waals surface area contributed by atoms with Gasteiger partial charge >= 0.3 is 19.4 Å². The van der Waals surface area contributed by atoms with Crippen molar-refractivity contribution in [2.45, 2.75) is 62.3 Å². The summed E-state index contributed by atoms with van der Waals surface area (Å²) in [5.41, 5.74) is 4.55. The molecule has 1 aliphatic heterocycles. The third-order valence-corrected chi connectivity index (χ3v) is 9.78. The monoisotopic (exact) mass is 596 g/mol. The zero-order valence-corrected chi connectivity index (χ0v) is 24.2. The lowest BCUT2D eigenvalue weighted by Gasteiger charge is -2.29. The summed E-state index contributed by atoms with van der Waals surface area (Å²) in [6, 6.07) is 7.08. The number of hydrogen-bond donors (Lipinski definition) is 3. The van der Waals surface area contributed by atoms with Gasteiger partial charge in [0.25, 0.3) is 0 Å². The Morgan fingerprint density at radius 3 is 2.70 bits per heavy atom. The number of nitrogen functional groups attached to an aromatic ring is 1. The van der Waals surface area contributed by atoms with Gasteiger partial charge in [-0.3, -0.25) is 13.9 Å². The SMILES string of the molecule is C#C[C@]1(CO[P@@](=O)(N[C@@H](C)C(=O)OCC(CC)CC)Oc2ccccc2)S[C@@H](n2cc(F)c(N)nc2=O)C[C@@H]1O. The number of aromatic nitrogens is 2. The molecule has 5 atom stereocenters. The van der Waals surface area contributed by atoms with E-state index in [0.29, 0.717) is 0 Å². The summed E-state index contributed by atoms with van der Waals surface area (Å²) in [5.74, 6) is 0.759. The van der Waals surface area contributed by atoms with Crippen molar-refractivity contribution in [2.24, 2.45) is 5.92 Å². The number of ether oxygens (including phenoxy) is 1. The number of aliphatic hydroxyl groups excluding tert-OH is 1. The maximum atomic E-state index is 14.0. The Morgan fingerprint density at radius 2 is 2.08 bits per heavy atom. The third kappa shape index (κ3) is 7.65. The molecule has 0 amide bonds. The number of hydrogen-bond acceptors (Lipinski definition) is 10. The van der Waals surface area contributed by atoms with E-state index in [0.717, 1.165) is 35.4 Å². The summed E-state index contributed by atoms with van der Waals surface area (Å²) in [4.78, 5) is 28.4. The van der Waals surface area contributed by atoms with Gasteiger partial charge in [0.1, 0.15) is 16.5 Å². The Bertz CT molecular complexity index is 1320. The van der Waals surface area contributed by atoms with Crippen LogP contribution < -0.4 is 21.0 Å². The highest BCUT2D eigenvalue weighted by molar-refractivity contribution is 8.01. The number of terminal acetylenes is 1. The lowest BCUT2D eigenvalue weighted by atomic mass is 10.0. The molecule has 0 unspecified atom stereocenters. The first kappa shape index (κ1) is 31.6. The van der Waals surface area contributed by atoms with Gasteiger partial charge < -0.3 is 20.1 Å². The number of anilines is 1. The quantitative estimate of drug-likeness (QED) is 0.177. The number of halogens is 1. The molecule has 2 heterocycles. The first-order valence-corrected chi connectivity index (χ1v) is 15.2. The number of rotatable bonds is 13. The number of aliphatic hydroxyl groups is 1. The second-order valence-electron chi connectivity index (χ2n) is 9.36. The number of nitrogens with zero attached hydrogens (tertiary/aromatic N) is 2. The fourth-order valence-electron chi connectivity index (χ4n) is 3.92. The van der Waals surface area contributed by atoms with E-state index in [4.69, 9.17) is 25.9 Å². The molecule has 0 spiro atoms. The van der Waals surface area contributed by atoms with E-state index in [9.17, 15) is 23.7 Å². The zero-order valence-electron chi connectivity index (χ0n) is 22.5. The zero-order chi connectivity index (χ0) is 29.5. The smallest absolute Gasteiger partial charge is 0.459 e. The van der Waals surface area contributed by atoms with Gasteiger partial charge in [-0.2, -0.15) is 10.1 Å². The normalized spacial score (nSPS) is 22.8. The minimum atomic E-state index is -4.29. The van der Waals surface area contributed by atoms with Crippen LogP contribution in [0.2, 0.25) is 0 Å². The molecule has 3 rings (SSSR count). The predicted molar refractivity (Wildman–Crippen MR) is 150 cm³/mol. The number of esters is 1. The average molecular weight is 597 g/mol. The topological polar surface area (TPSA) is 155 Å². The molecule has 2 aromatic rings. The molecule has 0 aliphatic carbocycles. The Morgan fingerprint density at radius 1 is 1.40 bits per heavy atom. The van der Waals surface area contributed by atoms with Gasteiger partial charge in [-0.05, 0) is 25.0 Å². The molecule has 0 bridgehead atoms. The number of benzene rings is 1. The van der Waals surface area contributed by atoms with Crippen LogP contribution in [-0.2, 0) is 18.6 Å². The second-order valence-corrected chi connectivity index (χ2v) is 12.6. The fraction of sp³-hybridized carbons (Fsp3) is 0.500. The third-order valence-electron chi connectivity index (χ3n) is 6.54. The van der Waals surface area contributed by atoms with Gasteiger partial charge in [-0.15, -0.1) is 18.2 Å². The van der Waals surface area contributed by atoms with Gasteiger partial charge in [0.2, 0.25) is 0 Å². The van der Waals surface area contributed by atoms with Gasteiger partial charge in [0, 0.05) is 12.6 Å². The Kier molecular flexibility index (Phi) is 10.8. The van der Waals surface area contributed by atoms with E-state index in [1.807, 2.05) is 13.8 Å². The number of nitrogens with one attached hydrogen (secondary N) is 1.